The van der Waals surface area contributed by atoms with E-state index in [1.54, 1.807) is 75.4 Å². The molecule has 0 aromatic heterocycles. The molecule has 34 heavy (non-hydrogen) atoms. The lowest BCUT2D eigenvalue weighted by molar-refractivity contribution is -0.154. The van der Waals surface area contributed by atoms with Gasteiger partial charge in [-0.2, -0.15) is 0 Å². The largest absolute Gasteiger partial charge is 0.504 e. The van der Waals surface area contributed by atoms with Crippen molar-refractivity contribution in [3.8, 4) is 11.5 Å². The van der Waals surface area contributed by atoms with Crippen LogP contribution in [0.15, 0.2) is 54.6 Å². The fraction of sp³-hybridized carbons (Fsp3) is 0.346. The number of methoxy groups -OCH3 is 1. The van der Waals surface area contributed by atoms with Crippen LogP contribution in [0.4, 0.5) is 0 Å². The number of carboxylic acids is 1. The van der Waals surface area contributed by atoms with Crippen molar-refractivity contribution in [3.63, 3.8) is 0 Å². The molecular formula is C26H28N2O6. The van der Waals surface area contributed by atoms with Gasteiger partial charge in [0.25, 0.3) is 0 Å². The number of ether oxygens (including phenoxy) is 1. The van der Waals surface area contributed by atoms with Gasteiger partial charge in [-0.15, -0.1) is 0 Å². The Hall–Kier alpha value is -3.65. The molecule has 2 fully saturated rings. The first-order chi connectivity index (χ1) is 16.0. The summed E-state index contributed by atoms with van der Waals surface area (Å²) in [4.78, 5) is 41.2. The smallest absolute Gasteiger partial charge is 0.329 e. The van der Waals surface area contributed by atoms with Gasteiger partial charge in [0, 0.05) is 11.6 Å². The molecule has 2 aromatic carbocycles. The summed E-state index contributed by atoms with van der Waals surface area (Å²) in [5.41, 5.74) is -1.46. The van der Waals surface area contributed by atoms with E-state index in [0.717, 1.165) is 0 Å². The maximum Gasteiger partial charge on any atom is 0.329 e. The lowest BCUT2D eigenvalue weighted by atomic mass is 9.76. The molecule has 178 valence electrons. The quantitative estimate of drug-likeness (QED) is 0.583. The van der Waals surface area contributed by atoms with E-state index in [2.05, 4.69) is 5.32 Å². The number of likely N-dealkylation sites (tertiary alicyclic amines) is 1. The zero-order valence-corrected chi connectivity index (χ0v) is 19.5. The van der Waals surface area contributed by atoms with Gasteiger partial charge in [-0.25, -0.2) is 4.79 Å². The summed E-state index contributed by atoms with van der Waals surface area (Å²) in [6, 6.07) is 12.6. The number of amides is 2. The Labute approximate surface area is 197 Å². The Balaban J connectivity index is 1.83. The van der Waals surface area contributed by atoms with Crippen LogP contribution in [0.25, 0.3) is 6.08 Å². The lowest BCUT2D eigenvalue weighted by Crippen LogP contribution is -2.56. The molecule has 2 heterocycles. The van der Waals surface area contributed by atoms with Crippen LogP contribution in [0.3, 0.4) is 0 Å². The molecule has 8 nitrogen and oxygen atoms in total. The van der Waals surface area contributed by atoms with Crippen LogP contribution in [0.1, 0.15) is 31.9 Å². The number of hydrogen-bond donors (Lipinski definition) is 3. The first-order valence-corrected chi connectivity index (χ1v) is 11.0. The minimum absolute atomic E-state index is 0.00920. The average Bonchev–Trinajstić information content (AvgIpc) is 3.27. The third-order valence-corrected chi connectivity index (χ3v) is 6.54. The van der Waals surface area contributed by atoms with Crippen LogP contribution in [-0.2, 0) is 19.9 Å². The number of aromatic hydroxyl groups is 1. The monoisotopic (exact) mass is 464 g/mol. The Kier molecular flexibility index (Phi) is 5.73. The molecule has 0 saturated carbocycles. The number of carbonyl (C=O) groups is 3. The summed E-state index contributed by atoms with van der Waals surface area (Å²) in [6.07, 6.45) is 3.42. The van der Waals surface area contributed by atoms with Crippen molar-refractivity contribution < 1.29 is 29.3 Å². The van der Waals surface area contributed by atoms with Crippen molar-refractivity contribution in [1.82, 2.24) is 10.2 Å². The van der Waals surface area contributed by atoms with Crippen LogP contribution in [0, 0.1) is 11.8 Å². The average molecular weight is 465 g/mol. The van der Waals surface area contributed by atoms with Crippen LogP contribution in [0.2, 0.25) is 0 Å². The van der Waals surface area contributed by atoms with Crippen molar-refractivity contribution in [1.29, 1.82) is 0 Å². The van der Waals surface area contributed by atoms with Gasteiger partial charge in [0.05, 0.1) is 18.9 Å². The molecule has 2 aliphatic heterocycles. The molecular weight excluding hydrogens is 436 g/mol. The third-order valence-electron chi connectivity index (χ3n) is 6.54. The normalized spacial score (nSPS) is 26.8. The molecule has 2 aliphatic rings. The fourth-order valence-electron chi connectivity index (χ4n) is 5.07. The highest BCUT2D eigenvalue weighted by Gasteiger charge is 2.69. The van der Waals surface area contributed by atoms with E-state index in [1.807, 2.05) is 0 Å². The number of hydrogen-bond acceptors (Lipinski definition) is 6. The Morgan fingerprint density at radius 3 is 2.38 bits per heavy atom. The van der Waals surface area contributed by atoms with E-state index in [4.69, 9.17) is 4.74 Å². The predicted molar refractivity (Wildman–Crippen MR) is 125 cm³/mol. The number of imide groups is 1. The van der Waals surface area contributed by atoms with Crippen LogP contribution < -0.4 is 10.1 Å². The molecule has 0 radical (unpaired) electrons. The SMILES string of the molecule is COc1cc(C=CC2NC(C(=O)O)(c3ccccc3)C3C(=O)N(C(C)(C)C)C(=O)C23)ccc1O. The van der Waals surface area contributed by atoms with Crippen LogP contribution in [-0.4, -0.2) is 51.6 Å². The first kappa shape index (κ1) is 23.5. The second kappa shape index (κ2) is 8.29. The Morgan fingerprint density at radius 2 is 1.79 bits per heavy atom. The molecule has 3 N–H and O–H groups in total. The van der Waals surface area contributed by atoms with Crippen LogP contribution >= 0.6 is 0 Å². The standard InChI is InChI=1S/C26H28N2O6/c1-25(2,3)28-22(30)20-17(12-10-15-11-13-18(29)19(14-15)34-4)27-26(24(32)33,21(20)23(28)31)16-8-6-5-7-9-16/h5-14,17,20-21,27,29H,1-4H3,(H,32,33). The Bertz CT molecular complexity index is 1170. The molecule has 4 atom stereocenters. The minimum atomic E-state index is -1.76. The van der Waals surface area contributed by atoms with Gasteiger partial charge in [-0.05, 0) is 44.0 Å². The second-order valence-corrected chi connectivity index (χ2v) is 9.63. The molecule has 4 rings (SSSR count). The van der Waals surface area contributed by atoms with E-state index in [-0.39, 0.29) is 11.5 Å². The summed E-state index contributed by atoms with van der Waals surface area (Å²) < 4.78 is 5.15. The van der Waals surface area contributed by atoms with Crippen molar-refractivity contribution in [3.05, 3.63) is 65.7 Å². The topological polar surface area (TPSA) is 116 Å². The Morgan fingerprint density at radius 1 is 1.12 bits per heavy atom. The van der Waals surface area contributed by atoms with Crippen molar-refractivity contribution >= 4 is 23.9 Å². The first-order valence-electron chi connectivity index (χ1n) is 11.0. The van der Waals surface area contributed by atoms with Crippen molar-refractivity contribution in [2.45, 2.75) is 37.9 Å². The van der Waals surface area contributed by atoms with E-state index in [0.29, 0.717) is 11.1 Å². The number of nitrogens with zero attached hydrogens (tertiary/aromatic N) is 1. The van der Waals surface area contributed by atoms with E-state index >= 15 is 0 Å². The summed E-state index contributed by atoms with van der Waals surface area (Å²) in [5.74, 6) is -3.83. The maximum absolute atomic E-state index is 13.6. The molecule has 2 aromatic rings. The van der Waals surface area contributed by atoms with E-state index in [1.165, 1.54) is 18.1 Å². The lowest BCUT2D eigenvalue weighted by Gasteiger charge is -2.35. The molecule has 2 saturated heterocycles. The summed E-state index contributed by atoms with van der Waals surface area (Å²) in [7, 11) is 1.44. The highest BCUT2D eigenvalue weighted by Crippen LogP contribution is 2.50. The zero-order valence-electron chi connectivity index (χ0n) is 19.5. The second-order valence-electron chi connectivity index (χ2n) is 9.63. The molecule has 4 unspecified atom stereocenters. The molecule has 2 amide bonds. The predicted octanol–water partition coefficient (Wildman–Crippen LogP) is 2.77. The summed E-state index contributed by atoms with van der Waals surface area (Å²) in [6.45, 7) is 5.28. The third kappa shape index (κ3) is 3.54. The van der Waals surface area contributed by atoms with Gasteiger partial charge in [0.1, 0.15) is 0 Å². The van der Waals surface area contributed by atoms with Gasteiger partial charge in [0.2, 0.25) is 11.8 Å². The van der Waals surface area contributed by atoms with Gasteiger partial charge < -0.3 is 14.9 Å². The zero-order chi connectivity index (χ0) is 24.8. The number of rotatable bonds is 5. The molecule has 8 heteroatoms. The molecule has 0 aliphatic carbocycles. The number of phenolic OH excluding ortho intramolecular Hbond substituents is 1. The molecule has 0 bridgehead atoms. The number of aliphatic carboxylic acids is 1. The minimum Gasteiger partial charge on any atom is -0.504 e. The van der Waals surface area contributed by atoms with Gasteiger partial charge in [0.15, 0.2) is 17.0 Å². The number of nitrogens with one attached hydrogen (secondary N) is 1. The number of fused-ring (bicyclic) bond motifs is 1. The maximum atomic E-state index is 13.6. The van der Waals surface area contributed by atoms with Gasteiger partial charge >= 0.3 is 5.97 Å². The van der Waals surface area contributed by atoms with E-state index in [9.17, 15) is 24.6 Å². The van der Waals surface area contributed by atoms with Gasteiger partial charge in [-0.3, -0.25) is 19.8 Å². The van der Waals surface area contributed by atoms with E-state index < -0.39 is 46.7 Å². The fourth-order valence-corrected chi connectivity index (χ4v) is 5.07. The number of carbonyl (C=O) groups excluding carboxylic acids is 2. The van der Waals surface area contributed by atoms with Gasteiger partial charge in [-0.1, -0.05) is 48.6 Å². The highest BCUT2D eigenvalue weighted by atomic mass is 16.5. The number of benzene rings is 2. The molecule has 0 spiro atoms. The van der Waals surface area contributed by atoms with Crippen molar-refractivity contribution in [2.75, 3.05) is 7.11 Å². The number of carboxylic acid groups (broad SMARTS) is 1. The van der Waals surface area contributed by atoms with Crippen molar-refractivity contribution in [2.24, 2.45) is 11.8 Å². The van der Waals surface area contributed by atoms with Crippen LogP contribution in [0.5, 0.6) is 11.5 Å². The highest BCUT2D eigenvalue weighted by molar-refractivity contribution is 6.10. The summed E-state index contributed by atoms with van der Waals surface area (Å²) in [5, 5.41) is 23.4. The number of phenols is 1. The summed E-state index contributed by atoms with van der Waals surface area (Å²) >= 11 is 0.